The average molecular weight is 470 g/mol. The number of aryl methyl sites for hydroxylation is 2. The zero-order valence-corrected chi connectivity index (χ0v) is 19.5. The molecule has 178 valence electrons. The lowest BCUT2D eigenvalue weighted by Crippen LogP contribution is -2.46. The summed E-state index contributed by atoms with van der Waals surface area (Å²) in [6.45, 7) is 2.06. The van der Waals surface area contributed by atoms with Crippen molar-refractivity contribution in [1.29, 1.82) is 0 Å². The summed E-state index contributed by atoms with van der Waals surface area (Å²) in [6, 6.07) is 15.0. The van der Waals surface area contributed by atoms with Crippen molar-refractivity contribution in [2.75, 3.05) is 0 Å². The molecule has 2 N–H and O–H groups in total. The van der Waals surface area contributed by atoms with E-state index in [1.807, 2.05) is 18.2 Å². The summed E-state index contributed by atoms with van der Waals surface area (Å²) in [5.41, 5.74) is 7.69. The van der Waals surface area contributed by atoms with Crippen molar-refractivity contribution >= 4 is 5.97 Å². The van der Waals surface area contributed by atoms with E-state index in [0.29, 0.717) is 24.6 Å². The molecule has 0 amide bonds. The normalized spacial score (nSPS) is 21.3. The number of furan rings is 1. The number of benzene rings is 2. The molecule has 0 radical (unpaired) electrons. The lowest BCUT2D eigenvalue weighted by Gasteiger charge is -2.38. The summed E-state index contributed by atoms with van der Waals surface area (Å²) < 4.78 is 10.8. The highest BCUT2D eigenvalue weighted by Gasteiger charge is 2.36. The van der Waals surface area contributed by atoms with E-state index in [2.05, 4.69) is 46.6 Å². The molecule has 7 heteroatoms. The number of fused-ring (bicyclic) bond motifs is 1. The largest absolute Gasteiger partial charge is 0.481 e. The minimum absolute atomic E-state index is 0.198. The Balaban J connectivity index is 1.20. The van der Waals surface area contributed by atoms with Crippen molar-refractivity contribution in [2.45, 2.75) is 51.1 Å². The first-order valence-corrected chi connectivity index (χ1v) is 12.1. The first-order valence-electron chi connectivity index (χ1n) is 12.1. The topological polar surface area (TPSA) is 101 Å². The first-order chi connectivity index (χ1) is 17.0. The number of rotatable bonds is 6. The van der Waals surface area contributed by atoms with Crippen molar-refractivity contribution < 1.29 is 18.8 Å². The molecule has 0 bridgehead atoms. The molecule has 2 aliphatic carbocycles. The van der Waals surface area contributed by atoms with Crippen molar-refractivity contribution in [1.82, 2.24) is 15.5 Å². The number of aromatic nitrogens is 2. The molecule has 2 heterocycles. The van der Waals surface area contributed by atoms with Gasteiger partial charge >= 0.3 is 5.97 Å². The quantitative estimate of drug-likeness (QED) is 0.368. The van der Waals surface area contributed by atoms with Gasteiger partial charge in [-0.05, 0) is 85.5 Å². The van der Waals surface area contributed by atoms with Gasteiger partial charge in [0.15, 0.2) is 0 Å². The second-order valence-electron chi connectivity index (χ2n) is 9.69. The molecule has 0 spiro atoms. The van der Waals surface area contributed by atoms with Gasteiger partial charge in [-0.2, -0.15) is 4.98 Å². The molecule has 6 rings (SSSR count). The molecular formula is C28H27N3O4. The van der Waals surface area contributed by atoms with E-state index in [1.165, 1.54) is 11.1 Å². The van der Waals surface area contributed by atoms with Crippen LogP contribution in [0, 0.1) is 12.8 Å². The predicted molar refractivity (Wildman–Crippen MR) is 131 cm³/mol. The molecule has 35 heavy (non-hydrogen) atoms. The highest BCUT2D eigenvalue weighted by atomic mass is 16.5. The number of carboxylic acid groups (broad SMARTS) is 1. The fourth-order valence-electron chi connectivity index (χ4n) is 5.36. The molecule has 1 atom stereocenters. The molecule has 0 saturated heterocycles. The SMILES string of the molecule is Cc1cc(-c2nc(-c3ccc4c(c3)CCCC4NC3CC(C(=O)O)C3)no2)ccc1-c1ccoc1. The Bertz CT molecular complexity index is 1370. The monoisotopic (exact) mass is 469 g/mol. The van der Waals surface area contributed by atoms with Gasteiger partial charge in [0, 0.05) is 28.8 Å². The zero-order valence-electron chi connectivity index (χ0n) is 19.5. The van der Waals surface area contributed by atoms with Crippen LogP contribution < -0.4 is 5.32 Å². The third-order valence-corrected chi connectivity index (χ3v) is 7.37. The van der Waals surface area contributed by atoms with Crippen LogP contribution in [-0.2, 0) is 11.2 Å². The van der Waals surface area contributed by atoms with Crippen molar-refractivity contribution in [3.63, 3.8) is 0 Å². The van der Waals surface area contributed by atoms with Gasteiger partial charge in [0.2, 0.25) is 5.82 Å². The maximum Gasteiger partial charge on any atom is 0.306 e. The Morgan fingerprint density at radius 2 is 1.94 bits per heavy atom. The molecule has 2 aliphatic rings. The number of aliphatic carboxylic acids is 1. The summed E-state index contributed by atoms with van der Waals surface area (Å²) in [7, 11) is 0. The number of carbonyl (C=O) groups is 1. The van der Waals surface area contributed by atoms with E-state index in [9.17, 15) is 4.79 Å². The molecule has 4 aromatic rings. The summed E-state index contributed by atoms with van der Waals surface area (Å²) in [5, 5.41) is 17.1. The second-order valence-corrected chi connectivity index (χ2v) is 9.69. The van der Waals surface area contributed by atoms with Gasteiger partial charge in [0.05, 0.1) is 18.4 Å². The minimum Gasteiger partial charge on any atom is -0.481 e. The van der Waals surface area contributed by atoms with E-state index in [4.69, 9.17) is 14.0 Å². The van der Waals surface area contributed by atoms with Crippen LogP contribution in [0.4, 0.5) is 0 Å². The van der Waals surface area contributed by atoms with Crippen molar-refractivity contribution in [3.05, 3.63) is 71.7 Å². The average Bonchev–Trinajstić information content (AvgIpc) is 3.53. The Morgan fingerprint density at radius 3 is 2.71 bits per heavy atom. The number of nitrogens with one attached hydrogen (secondary N) is 1. The minimum atomic E-state index is -0.680. The predicted octanol–water partition coefficient (Wildman–Crippen LogP) is 5.80. The highest BCUT2D eigenvalue weighted by molar-refractivity contribution is 5.72. The molecule has 1 fully saturated rings. The molecule has 2 aromatic heterocycles. The standard InChI is InChI=1S/C28H27N3O4/c1-16-11-19(6-7-23(16)20-9-10-34-15-20)27-30-26(31-35-27)18-5-8-24-17(12-18)3-2-4-25(24)29-22-13-21(14-22)28(32)33/h5-12,15,21-22,25,29H,2-4,13-14H2,1H3,(H,32,33). The molecule has 2 aromatic carbocycles. The van der Waals surface area contributed by atoms with E-state index < -0.39 is 5.97 Å². The maximum atomic E-state index is 11.1. The summed E-state index contributed by atoms with van der Waals surface area (Å²) in [6.07, 6.45) is 8.03. The van der Waals surface area contributed by atoms with Gasteiger partial charge in [-0.1, -0.05) is 23.4 Å². The van der Waals surface area contributed by atoms with E-state index in [1.54, 1.807) is 12.5 Å². The first kappa shape index (κ1) is 21.8. The Labute approximate surface area is 203 Å². The summed E-state index contributed by atoms with van der Waals surface area (Å²) in [4.78, 5) is 15.8. The lowest BCUT2D eigenvalue weighted by atomic mass is 9.78. The Kier molecular flexibility index (Phi) is 5.49. The van der Waals surface area contributed by atoms with Crippen LogP contribution in [0.3, 0.4) is 0 Å². The summed E-state index contributed by atoms with van der Waals surface area (Å²) >= 11 is 0. The Morgan fingerprint density at radius 1 is 1.09 bits per heavy atom. The van der Waals surface area contributed by atoms with Crippen LogP contribution in [0.2, 0.25) is 0 Å². The van der Waals surface area contributed by atoms with Crippen LogP contribution in [0.25, 0.3) is 34.0 Å². The van der Waals surface area contributed by atoms with Gasteiger partial charge in [0.1, 0.15) is 0 Å². The van der Waals surface area contributed by atoms with Crippen LogP contribution in [0.1, 0.15) is 48.4 Å². The van der Waals surface area contributed by atoms with Crippen LogP contribution >= 0.6 is 0 Å². The number of carboxylic acids is 1. The maximum absolute atomic E-state index is 11.1. The van der Waals surface area contributed by atoms with Crippen molar-refractivity contribution in [3.8, 4) is 34.0 Å². The van der Waals surface area contributed by atoms with Gasteiger partial charge in [0.25, 0.3) is 5.89 Å². The third-order valence-electron chi connectivity index (χ3n) is 7.37. The molecule has 1 unspecified atom stereocenters. The van der Waals surface area contributed by atoms with Crippen LogP contribution in [0.15, 0.2) is 63.9 Å². The number of hydrogen-bond acceptors (Lipinski definition) is 6. The molecule has 1 saturated carbocycles. The van der Waals surface area contributed by atoms with E-state index >= 15 is 0 Å². The second kappa shape index (κ2) is 8.82. The van der Waals surface area contributed by atoms with Gasteiger partial charge in [-0.25, -0.2) is 0 Å². The zero-order chi connectivity index (χ0) is 23.9. The van der Waals surface area contributed by atoms with Crippen LogP contribution in [0.5, 0.6) is 0 Å². The fourth-order valence-corrected chi connectivity index (χ4v) is 5.36. The fraction of sp³-hybridized carbons (Fsp3) is 0.321. The van der Waals surface area contributed by atoms with E-state index in [-0.39, 0.29) is 18.0 Å². The van der Waals surface area contributed by atoms with Gasteiger partial charge < -0.3 is 19.4 Å². The number of nitrogens with zero attached hydrogens (tertiary/aromatic N) is 2. The smallest absolute Gasteiger partial charge is 0.306 e. The summed E-state index contributed by atoms with van der Waals surface area (Å²) in [5.74, 6) is 0.200. The van der Waals surface area contributed by atoms with Crippen LogP contribution in [-0.4, -0.2) is 27.3 Å². The molecule has 7 nitrogen and oxygen atoms in total. The third kappa shape index (κ3) is 4.17. The van der Waals surface area contributed by atoms with E-state index in [0.717, 1.165) is 47.1 Å². The van der Waals surface area contributed by atoms with Crippen molar-refractivity contribution in [2.24, 2.45) is 5.92 Å². The number of hydrogen-bond donors (Lipinski definition) is 2. The highest BCUT2D eigenvalue weighted by Crippen LogP contribution is 2.36. The Hall–Kier alpha value is -3.71. The lowest BCUT2D eigenvalue weighted by molar-refractivity contribution is -0.145. The molecular weight excluding hydrogens is 442 g/mol. The van der Waals surface area contributed by atoms with Gasteiger partial charge in [-0.15, -0.1) is 0 Å². The van der Waals surface area contributed by atoms with Gasteiger partial charge in [-0.3, -0.25) is 4.79 Å². The molecule has 0 aliphatic heterocycles.